The number of hydrogen-bond donors (Lipinski definition) is 1. The third-order valence-electron chi connectivity index (χ3n) is 3.76. The van der Waals surface area contributed by atoms with Gasteiger partial charge in [-0.1, -0.05) is 17.7 Å². The molecule has 1 N–H and O–H groups in total. The van der Waals surface area contributed by atoms with Gasteiger partial charge in [0.05, 0.1) is 30.3 Å². The molecule has 26 heavy (non-hydrogen) atoms. The summed E-state index contributed by atoms with van der Waals surface area (Å²) in [5.74, 6) is 0.267. The number of hydrogen-bond acceptors (Lipinski definition) is 4. The van der Waals surface area contributed by atoms with Crippen molar-refractivity contribution in [3.8, 4) is 11.5 Å². The first-order chi connectivity index (χ1) is 12.5. The molecule has 0 heterocycles. The van der Waals surface area contributed by atoms with Crippen molar-refractivity contribution in [3.63, 3.8) is 0 Å². The highest BCUT2D eigenvalue weighted by molar-refractivity contribution is 6.33. The van der Waals surface area contributed by atoms with Crippen molar-refractivity contribution in [1.29, 1.82) is 0 Å². The smallest absolute Gasteiger partial charge is 0.253 e. The molecule has 1 atom stereocenters. The van der Waals surface area contributed by atoms with Crippen molar-refractivity contribution in [2.24, 2.45) is 0 Å². The first-order valence-electron chi connectivity index (χ1n) is 8.01. The highest BCUT2D eigenvalue weighted by Crippen LogP contribution is 2.30. The molecular formula is C19H21ClFNO4. The van der Waals surface area contributed by atoms with Crippen LogP contribution in [0, 0.1) is 5.82 Å². The SMILES string of the molecule is COCCOc1ccc(C(C)NC(=O)c2ccc(F)cc2Cl)cc1OC. The number of methoxy groups -OCH3 is 2. The van der Waals surface area contributed by atoms with Crippen molar-refractivity contribution in [3.05, 3.63) is 58.4 Å². The van der Waals surface area contributed by atoms with Gasteiger partial charge < -0.3 is 19.5 Å². The monoisotopic (exact) mass is 381 g/mol. The number of nitrogens with one attached hydrogen (secondary N) is 1. The average molecular weight is 382 g/mol. The fourth-order valence-corrected chi connectivity index (χ4v) is 2.59. The lowest BCUT2D eigenvalue weighted by Crippen LogP contribution is -2.27. The van der Waals surface area contributed by atoms with Crippen LogP contribution in [-0.2, 0) is 4.74 Å². The molecule has 140 valence electrons. The molecule has 0 aliphatic carbocycles. The van der Waals surface area contributed by atoms with Crippen molar-refractivity contribution in [2.75, 3.05) is 27.4 Å². The maximum absolute atomic E-state index is 13.1. The summed E-state index contributed by atoms with van der Waals surface area (Å²) in [6.07, 6.45) is 0. The topological polar surface area (TPSA) is 56.8 Å². The predicted octanol–water partition coefficient (Wildman–Crippen LogP) is 4.00. The van der Waals surface area contributed by atoms with Gasteiger partial charge in [-0.15, -0.1) is 0 Å². The minimum atomic E-state index is -0.492. The molecule has 0 fully saturated rings. The second kappa shape index (κ2) is 9.40. The Balaban J connectivity index is 2.10. The van der Waals surface area contributed by atoms with Gasteiger partial charge in [0, 0.05) is 7.11 Å². The standard InChI is InChI=1S/C19H21ClFNO4/c1-12(22-19(23)15-6-5-14(21)11-16(15)20)13-4-7-17(18(10-13)25-3)26-9-8-24-2/h4-7,10-12H,8-9H2,1-3H3,(H,22,23). The lowest BCUT2D eigenvalue weighted by molar-refractivity contribution is 0.0940. The number of carbonyl (C=O) groups excluding carboxylic acids is 1. The third-order valence-corrected chi connectivity index (χ3v) is 4.07. The number of benzene rings is 2. The quantitative estimate of drug-likeness (QED) is 0.702. The van der Waals surface area contributed by atoms with Crippen LogP contribution in [0.4, 0.5) is 4.39 Å². The van der Waals surface area contributed by atoms with E-state index in [9.17, 15) is 9.18 Å². The Hall–Kier alpha value is -2.31. The maximum atomic E-state index is 13.1. The van der Waals surface area contributed by atoms with Crippen LogP contribution in [0.5, 0.6) is 11.5 Å². The van der Waals surface area contributed by atoms with Gasteiger partial charge in [-0.3, -0.25) is 4.79 Å². The molecule has 0 spiro atoms. The number of ether oxygens (including phenoxy) is 3. The third kappa shape index (κ3) is 5.09. The van der Waals surface area contributed by atoms with Gasteiger partial charge in [0.25, 0.3) is 5.91 Å². The van der Waals surface area contributed by atoms with Crippen LogP contribution in [-0.4, -0.2) is 33.3 Å². The summed E-state index contributed by atoms with van der Waals surface area (Å²) < 4.78 is 29.0. The number of carbonyl (C=O) groups is 1. The molecule has 0 radical (unpaired) electrons. The van der Waals surface area contributed by atoms with Gasteiger partial charge in [-0.05, 0) is 42.8 Å². The minimum absolute atomic E-state index is 0.0640. The zero-order valence-electron chi connectivity index (χ0n) is 14.8. The van der Waals surface area contributed by atoms with Crippen molar-refractivity contribution in [1.82, 2.24) is 5.32 Å². The summed E-state index contributed by atoms with van der Waals surface area (Å²) in [6, 6.07) is 8.74. The van der Waals surface area contributed by atoms with Gasteiger partial charge in [-0.2, -0.15) is 0 Å². The summed E-state index contributed by atoms with van der Waals surface area (Å²) in [7, 11) is 3.14. The molecule has 7 heteroatoms. The number of rotatable bonds is 8. The molecule has 0 aliphatic heterocycles. The largest absolute Gasteiger partial charge is 0.493 e. The van der Waals surface area contributed by atoms with E-state index in [1.807, 2.05) is 13.0 Å². The Labute approximate surface area is 157 Å². The Morgan fingerprint density at radius 1 is 1.15 bits per heavy atom. The Morgan fingerprint density at radius 2 is 1.92 bits per heavy atom. The summed E-state index contributed by atoms with van der Waals surface area (Å²) in [5, 5.41) is 2.90. The Morgan fingerprint density at radius 3 is 2.58 bits per heavy atom. The molecule has 0 bridgehead atoms. The van der Waals surface area contributed by atoms with Crippen LogP contribution in [0.15, 0.2) is 36.4 Å². The van der Waals surface area contributed by atoms with E-state index in [2.05, 4.69) is 5.32 Å². The van der Waals surface area contributed by atoms with Crippen LogP contribution in [0.25, 0.3) is 0 Å². The van der Waals surface area contributed by atoms with Crippen molar-refractivity contribution in [2.45, 2.75) is 13.0 Å². The molecule has 0 saturated carbocycles. The highest BCUT2D eigenvalue weighted by Gasteiger charge is 2.16. The van der Waals surface area contributed by atoms with Gasteiger partial charge in [0.15, 0.2) is 11.5 Å². The summed E-state index contributed by atoms with van der Waals surface area (Å²) in [6.45, 7) is 2.70. The number of halogens is 2. The average Bonchev–Trinajstić information content (AvgIpc) is 2.61. The van der Waals surface area contributed by atoms with E-state index in [1.165, 1.54) is 12.1 Å². The summed E-state index contributed by atoms with van der Waals surface area (Å²) in [5.41, 5.74) is 1.04. The van der Waals surface area contributed by atoms with E-state index in [1.54, 1.807) is 26.4 Å². The van der Waals surface area contributed by atoms with E-state index in [0.717, 1.165) is 11.6 Å². The zero-order valence-corrected chi connectivity index (χ0v) is 15.6. The molecule has 0 aromatic heterocycles. The van der Waals surface area contributed by atoms with Gasteiger partial charge >= 0.3 is 0 Å². The lowest BCUT2D eigenvalue weighted by atomic mass is 10.1. The molecule has 5 nitrogen and oxygen atoms in total. The number of amides is 1. The molecule has 0 aliphatic rings. The van der Waals surface area contributed by atoms with Crippen LogP contribution in [0.2, 0.25) is 5.02 Å². The first-order valence-corrected chi connectivity index (χ1v) is 8.39. The van der Waals surface area contributed by atoms with Crippen LogP contribution < -0.4 is 14.8 Å². The second-order valence-corrected chi connectivity index (χ2v) is 5.98. The van der Waals surface area contributed by atoms with E-state index in [-0.39, 0.29) is 22.5 Å². The molecule has 2 aromatic carbocycles. The summed E-state index contributed by atoms with van der Waals surface area (Å²) in [4.78, 5) is 12.4. The molecule has 2 aromatic rings. The van der Waals surface area contributed by atoms with E-state index in [4.69, 9.17) is 25.8 Å². The Bertz CT molecular complexity index is 769. The van der Waals surface area contributed by atoms with Crippen LogP contribution >= 0.6 is 11.6 Å². The highest BCUT2D eigenvalue weighted by atomic mass is 35.5. The molecule has 1 amide bonds. The van der Waals surface area contributed by atoms with Crippen molar-refractivity contribution >= 4 is 17.5 Å². The van der Waals surface area contributed by atoms with Gasteiger partial charge in [0.1, 0.15) is 12.4 Å². The van der Waals surface area contributed by atoms with Gasteiger partial charge in [-0.25, -0.2) is 4.39 Å². The fourth-order valence-electron chi connectivity index (χ4n) is 2.34. The molecule has 1 unspecified atom stereocenters. The van der Waals surface area contributed by atoms with Crippen molar-refractivity contribution < 1.29 is 23.4 Å². The predicted molar refractivity (Wildman–Crippen MR) is 97.7 cm³/mol. The van der Waals surface area contributed by atoms with Gasteiger partial charge in [0.2, 0.25) is 0 Å². The van der Waals surface area contributed by atoms with E-state index >= 15 is 0 Å². The lowest BCUT2D eigenvalue weighted by Gasteiger charge is -2.17. The molecule has 2 rings (SSSR count). The molecule has 0 saturated heterocycles. The maximum Gasteiger partial charge on any atom is 0.253 e. The minimum Gasteiger partial charge on any atom is -0.493 e. The van der Waals surface area contributed by atoms with E-state index in [0.29, 0.717) is 24.7 Å². The van der Waals surface area contributed by atoms with Crippen LogP contribution in [0.3, 0.4) is 0 Å². The normalized spacial score (nSPS) is 11.7. The van der Waals surface area contributed by atoms with Crippen LogP contribution in [0.1, 0.15) is 28.9 Å². The Kier molecular flexibility index (Phi) is 7.24. The molecular weight excluding hydrogens is 361 g/mol. The van der Waals surface area contributed by atoms with E-state index < -0.39 is 5.82 Å². The zero-order chi connectivity index (χ0) is 19.1. The second-order valence-electron chi connectivity index (χ2n) is 5.57. The first kappa shape index (κ1) is 20.0. The summed E-state index contributed by atoms with van der Waals surface area (Å²) >= 11 is 5.94. The fraction of sp³-hybridized carbons (Fsp3) is 0.316.